The number of piperazine rings is 1. The molecule has 1 N–H and O–H groups in total. The molecular weight excluding hydrogens is 414 g/mol. The molecule has 4 heterocycles. The third-order valence-electron chi connectivity index (χ3n) is 6.81. The fourth-order valence-corrected chi connectivity index (χ4v) is 6.88. The van der Waals surface area contributed by atoms with E-state index >= 15 is 0 Å². The molecule has 2 saturated heterocycles. The lowest BCUT2D eigenvalue weighted by Crippen LogP contribution is -2.49. The summed E-state index contributed by atoms with van der Waals surface area (Å²) in [6, 6.07) is 5.00. The second kappa shape index (κ2) is 7.65. The molecule has 0 radical (unpaired) electrons. The number of amidine groups is 1. The van der Waals surface area contributed by atoms with Crippen LogP contribution in [0.5, 0.6) is 0 Å². The van der Waals surface area contributed by atoms with E-state index in [-0.39, 0.29) is 22.1 Å². The van der Waals surface area contributed by atoms with Crippen molar-refractivity contribution in [3.05, 3.63) is 23.8 Å². The fourth-order valence-electron chi connectivity index (χ4n) is 5.17. The summed E-state index contributed by atoms with van der Waals surface area (Å²) >= 11 is 0. The summed E-state index contributed by atoms with van der Waals surface area (Å²) in [6.07, 6.45) is 1.76. The van der Waals surface area contributed by atoms with E-state index < -0.39 is 10.0 Å². The van der Waals surface area contributed by atoms with Gasteiger partial charge in [0.05, 0.1) is 16.1 Å². The molecule has 0 saturated carbocycles. The Balaban J connectivity index is 1.42. The van der Waals surface area contributed by atoms with E-state index in [1.54, 1.807) is 22.5 Å². The largest absolute Gasteiger partial charge is 0.322 e. The van der Waals surface area contributed by atoms with Crippen LogP contribution in [0.3, 0.4) is 0 Å². The van der Waals surface area contributed by atoms with Crippen molar-refractivity contribution >= 4 is 27.3 Å². The van der Waals surface area contributed by atoms with Crippen molar-refractivity contribution in [3.8, 4) is 0 Å². The quantitative estimate of drug-likeness (QED) is 0.749. The Morgan fingerprint density at radius 1 is 1.19 bits per heavy atom. The molecule has 1 atom stereocenters. The van der Waals surface area contributed by atoms with Gasteiger partial charge in [0.1, 0.15) is 0 Å². The van der Waals surface area contributed by atoms with Crippen molar-refractivity contribution in [2.24, 2.45) is 10.4 Å². The first-order chi connectivity index (χ1) is 14.8. The second-order valence-electron chi connectivity index (χ2n) is 9.86. The van der Waals surface area contributed by atoms with Gasteiger partial charge < -0.3 is 10.2 Å². The Labute approximate surface area is 184 Å². The number of fused-ring (bicyclic) bond motifs is 3. The average Bonchev–Trinajstić information content (AvgIpc) is 3.31. The number of Topliss-reactive ketones (excluding diaryl/α,β-unsaturated/α-hetero) is 1. The molecule has 5 rings (SSSR count). The van der Waals surface area contributed by atoms with Crippen LogP contribution in [-0.4, -0.2) is 87.6 Å². The molecule has 0 spiro atoms. The number of carbonyl (C=O) groups excluding carboxylic acids is 1. The Morgan fingerprint density at radius 3 is 2.74 bits per heavy atom. The number of nitrogens with zero attached hydrogens (tertiary/aromatic N) is 4. The van der Waals surface area contributed by atoms with Gasteiger partial charge in [0.2, 0.25) is 15.8 Å². The number of anilines is 1. The maximum absolute atomic E-state index is 13.6. The molecule has 4 aliphatic rings. The molecule has 168 valence electrons. The summed E-state index contributed by atoms with van der Waals surface area (Å²) in [4.78, 5) is 22.0. The normalized spacial score (nSPS) is 26.6. The Hall–Kier alpha value is -1.81. The molecule has 2 fully saturated rings. The van der Waals surface area contributed by atoms with Crippen LogP contribution in [0.2, 0.25) is 0 Å². The van der Waals surface area contributed by atoms with Gasteiger partial charge in [-0.1, -0.05) is 13.8 Å². The fraction of sp³-hybridized carbons (Fsp3) is 0.636. The van der Waals surface area contributed by atoms with Crippen LogP contribution in [0.25, 0.3) is 0 Å². The minimum atomic E-state index is -3.66. The van der Waals surface area contributed by atoms with E-state index in [1.807, 2.05) is 4.90 Å². The zero-order chi connectivity index (χ0) is 21.8. The highest BCUT2D eigenvalue weighted by atomic mass is 32.2. The summed E-state index contributed by atoms with van der Waals surface area (Å²) in [5.41, 5.74) is 1.20. The standard InChI is InChI=1S/C22H31N5O3S/c1-22(2)14-24-21-20(28)18-12-17(5-6-19(18)26(21)15-22)31(29,30)27-9-3-4-16(27)13-25-10-7-23-8-11-25/h5-6,12,16,23H,3-4,7-11,13-15H2,1-2H3/t16-/m0/s1. The molecule has 0 amide bonds. The summed E-state index contributed by atoms with van der Waals surface area (Å²) in [5, 5.41) is 3.34. The SMILES string of the molecule is CC1(C)CN=C2C(=O)c3cc(S(=O)(=O)N4CCC[C@H]4CN4CCNCC4)ccc3N2C1. The molecule has 4 aliphatic heterocycles. The van der Waals surface area contributed by atoms with Crippen LogP contribution in [0.4, 0.5) is 5.69 Å². The second-order valence-corrected chi connectivity index (χ2v) is 11.8. The Bertz CT molecular complexity index is 1030. The number of rotatable bonds is 4. The monoisotopic (exact) mass is 445 g/mol. The van der Waals surface area contributed by atoms with Crippen molar-refractivity contribution in [2.75, 3.05) is 57.3 Å². The predicted molar refractivity (Wildman–Crippen MR) is 120 cm³/mol. The van der Waals surface area contributed by atoms with Crippen molar-refractivity contribution in [1.29, 1.82) is 0 Å². The maximum Gasteiger partial charge on any atom is 0.243 e. The molecule has 0 aliphatic carbocycles. The molecule has 0 unspecified atom stereocenters. The lowest BCUT2D eigenvalue weighted by molar-refractivity contribution is 0.106. The Morgan fingerprint density at radius 2 is 1.97 bits per heavy atom. The first-order valence-electron chi connectivity index (χ1n) is 11.2. The smallest absolute Gasteiger partial charge is 0.243 e. The number of sulfonamides is 1. The number of nitrogens with one attached hydrogen (secondary N) is 1. The van der Waals surface area contributed by atoms with E-state index in [2.05, 4.69) is 29.1 Å². The molecule has 8 nitrogen and oxygen atoms in total. The highest BCUT2D eigenvalue weighted by Gasteiger charge is 2.42. The van der Waals surface area contributed by atoms with Gasteiger partial charge in [0, 0.05) is 63.8 Å². The van der Waals surface area contributed by atoms with Crippen LogP contribution < -0.4 is 10.2 Å². The predicted octanol–water partition coefficient (Wildman–Crippen LogP) is 1.19. The number of ketones is 1. The molecular formula is C22H31N5O3S. The number of aliphatic imine (C=N–C) groups is 1. The van der Waals surface area contributed by atoms with E-state index in [9.17, 15) is 13.2 Å². The van der Waals surface area contributed by atoms with Gasteiger partial charge in [-0.05, 0) is 31.0 Å². The van der Waals surface area contributed by atoms with Crippen LogP contribution in [0.1, 0.15) is 37.0 Å². The summed E-state index contributed by atoms with van der Waals surface area (Å²) < 4.78 is 28.8. The van der Waals surface area contributed by atoms with Crippen LogP contribution in [0, 0.1) is 5.41 Å². The lowest BCUT2D eigenvalue weighted by atomic mass is 9.91. The van der Waals surface area contributed by atoms with Gasteiger partial charge in [0.15, 0.2) is 5.84 Å². The molecule has 0 bridgehead atoms. The van der Waals surface area contributed by atoms with Crippen molar-refractivity contribution in [1.82, 2.24) is 14.5 Å². The van der Waals surface area contributed by atoms with Crippen LogP contribution in [0.15, 0.2) is 28.1 Å². The zero-order valence-corrected chi connectivity index (χ0v) is 19.1. The number of carbonyl (C=O) groups is 1. The van der Waals surface area contributed by atoms with Crippen LogP contribution >= 0.6 is 0 Å². The number of hydrogen-bond acceptors (Lipinski definition) is 7. The summed E-state index contributed by atoms with van der Waals surface area (Å²) in [6.45, 7) is 10.7. The average molecular weight is 446 g/mol. The minimum Gasteiger partial charge on any atom is -0.322 e. The van der Waals surface area contributed by atoms with Gasteiger partial charge in [-0.2, -0.15) is 4.31 Å². The molecule has 31 heavy (non-hydrogen) atoms. The third-order valence-corrected chi connectivity index (χ3v) is 8.76. The number of benzene rings is 1. The van der Waals surface area contributed by atoms with E-state index in [1.165, 1.54) is 0 Å². The molecule has 1 aromatic rings. The number of hydrogen-bond donors (Lipinski definition) is 1. The highest BCUT2D eigenvalue weighted by molar-refractivity contribution is 7.89. The van der Waals surface area contributed by atoms with Crippen molar-refractivity contribution < 1.29 is 13.2 Å². The molecule has 1 aromatic carbocycles. The first-order valence-corrected chi connectivity index (χ1v) is 12.7. The van der Waals surface area contributed by atoms with E-state index in [0.29, 0.717) is 31.0 Å². The van der Waals surface area contributed by atoms with Gasteiger partial charge in [-0.25, -0.2) is 8.42 Å². The van der Waals surface area contributed by atoms with Crippen LogP contribution in [-0.2, 0) is 10.0 Å². The van der Waals surface area contributed by atoms with Gasteiger partial charge in [-0.15, -0.1) is 0 Å². The maximum atomic E-state index is 13.6. The summed E-state index contributed by atoms with van der Waals surface area (Å²) in [5.74, 6) is 0.281. The zero-order valence-electron chi connectivity index (χ0n) is 18.3. The lowest BCUT2D eigenvalue weighted by Gasteiger charge is -2.34. The highest BCUT2D eigenvalue weighted by Crippen LogP contribution is 2.37. The van der Waals surface area contributed by atoms with E-state index in [4.69, 9.17) is 0 Å². The third kappa shape index (κ3) is 3.71. The van der Waals surface area contributed by atoms with Gasteiger partial charge in [-0.3, -0.25) is 14.7 Å². The van der Waals surface area contributed by atoms with Gasteiger partial charge >= 0.3 is 0 Å². The molecule has 0 aromatic heterocycles. The van der Waals surface area contributed by atoms with Crippen molar-refractivity contribution in [3.63, 3.8) is 0 Å². The first kappa shape index (κ1) is 21.1. The van der Waals surface area contributed by atoms with Crippen molar-refractivity contribution in [2.45, 2.75) is 37.6 Å². The van der Waals surface area contributed by atoms with E-state index in [0.717, 1.165) is 51.3 Å². The molecule has 9 heteroatoms. The van der Waals surface area contributed by atoms with Gasteiger partial charge in [0.25, 0.3) is 0 Å². The topological polar surface area (TPSA) is 85.3 Å². The summed E-state index contributed by atoms with van der Waals surface area (Å²) in [7, 11) is -3.66. The Kier molecular flexibility index (Phi) is 5.20. The minimum absolute atomic E-state index is 0.0106.